The van der Waals surface area contributed by atoms with Crippen molar-refractivity contribution in [3.05, 3.63) is 0 Å². The molecule has 1 unspecified atom stereocenters. The average Bonchev–Trinajstić information content (AvgIpc) is 2.77. The molecule has 0 aromatic heterocycles. The zero-order valence-corrected chi connectivity index (χ0v) is 9.56. The van der Waals surface area contributed by atoms with Gasteiger partial charge in [-0.05, 0) is 43.9 Å². The third-order valence-corrected chi connectivity index (χ3v) is 4.68. The topological polar surface area (TPSA) is 52.6 Å². The highest BCUT2D eigenvalue weighted by molar-refractivity contribution is 5.65. The summed E-state index contributed by atoms with van der Waals surface area (Å²) in [7, 11) is 0. The fourth-order valence-corrected chi connectivity index (χ4v) is 3.63. The molecule has 4 heteroatoms. The van der Waals surface area contributed by atoms with Gasteiger partial charge in [0.15, 0.2) is 0 Å². The van der Waals surface area contributed by atoms with Gasteiger partial charge in [0.05, 0.1) is 0 Å². The quantitative estimate of drug-likeness (QED) is 0.747. The molecule has 2 N–H and O–H groups in total. The van der Waals surface area contributed by atoms with Gasteiger partial charge in [0, 0.05) is 25.2 Å². The molecule has 1 heterocycles. The Kier molecular flexibility index (Phi) is 2.54. The van der Waals surface area contributed by atoms with Crippen molar-refractivity contribution in [3.63, 3.8) is 0 Å². The maximum Gasteiger partial charge on any atom is 0.407 e. The number of likely N-dealkylation sites (tertiary alicyclic amines) is 1. The third-order valence-electron chi connectivity index (χ3n) is 4.68. The van der Waals surface area contributed by atoms with Crippen LogP contribution >= 0.6 is 0 Å². The first-order valence-electron chi connectivity index (χ1n) is 6.46. The van der Waals surface area contributed by atoms with Crippen molar-refractivity contribution < 1.29 is 9.90 Å². The zero-order valence-electron chi connectivity index (χ0n) is 9.56. The zero-order chi connectivity index (χ0) is 11.1. The molecular formula is C12H20N2O2. The first kappa shape index (κ1) is 10.4. The molecule has 1 aliphatic heterocycles. The largest absolute Gasteiger partial charge is 0.465 e. The van der Waals surface area contributed by atoms with Crippen molar-refractivity contribution in [3.8, 4) is 0 Å². The maximum atomic E-state index is 10.8. The van der Waals surface area contributed by atoms with Crippen molar-refractivity contribution in [2.24, 2.45) is 11.8 Å². The molecule has 0 aromatic rings. The van der Waals surface area contributed by atoms with Gasteiger partial charge in [0.1, 0.15) is 0 Å². The van der Waals surface area contributed by atoms with Crippen LogP contribution in [0.1, 0.15) is 32.1 Å². The monoisotopic (exact) mass is 224 g/mol. The van der Waals surface area contributed by atoms with Crippen LogP contribution in [0.25, 0.3) is 0 Å². The minimum atomic E-state index is -0.768. The first-order chi connectivity index (χ1) is 7.72. The number of carbonyl (C=O) groups is 1. The molecule has 3 fully saturated rings. The van der Waals surface area contributed by atoms with Crippen LogP contribution < -0.4 is 5.32 Å². The highest BCUT2D eigenvalue weighted by Crippen LogP contribution is 2.46. The number of nitrogens with zero attached hydrogens (tertiary/aromatic N) is 1. The van der Waals surface area contributed by atoms with Gasteiger partial charge < -0.3 is 15.3 Å². The van der Waals surface area contributed by atoms with E-state index in [1.807, 2.05) is 0 Å². The number of amides is 1. The standard InChI is InChI=1S/C12H20N2O2/c15-12(16)14-4-3-10(7-14)13-11-5-8-1-2-9(8)6-11/h8-11,13H,1-7H2,(H,15,16)/t8-,9+,10-,11?/m0/s1. The van der Waals surface area contributed by atoms with Gasteiger partial charge in [-0.25, -0.2) is 4.79 Å². The Bertz CT molecular complexity index is 283. The van der Waals surface area contributed by atoms with Crippen LogP contribution in [-0.2, 0) is 0 Å². The van der Waals surface area contributed by atoms with Gasteiger partial charge in [-0.3, -0.25) is 0 Å². The van der Waals surface area contributed by atoms with E-state index >= 15 is 0 Å². The Balaban J connectivity index is 1.47. The second-order valence-corrected chi connectivity index (χ2v) is 5.65. The first-order valence-corrected chi connectivity index (χ1v) is 6.46. The van der Waals surface area contributed by atoms with Crippen molar-refractivity contribution in [2.75, 3.05) is 13.1 Å². The van der Waals surface area contributed by atoms with E-state index in [9.17, 15) is 4.79 Å². The minimum Gasteiger partial charge on any atom is -0.465 e. The molecule has 0 bridgehead atoms. The molecule has 0 radical (unpaired) electrons. The van der Waals surface area contributed by atoms with E-state index < -0.39 is 6.09 Å². The fourth-order valence-electron chi connectivity index (χ4n) is 3.63. The summed E-state index contributed by atoms with van der Waals surface area (Å²) in [6, 6.07) is 1.06. The Hall–Kier alpha value is -0.770. The third kappa shape index (κ3) is 1.79. The number of fused-ring (bicyclic) bond motifs is 1. The van der Waals surface area contributed by atoms with Crippen molar-refractivity contribution in [1.29, 1.82) is 0 Å². The summed E-state index contributed by atoms with van der Waals surface area (Å²) in [5.41, 5.74) is 0. The summed E-state index contributed by atoms with van der Waals surface area (Å²) < 4.78 is 0. The van der Waals surface area contributed by atoms with Crippen molar-refractivity contribution in [2.45, 2.75) is 44.2 Å². The number of hydrogen-bond acceptors (Lipinski definition) is 2. The van der Waals surface area contributed by atoms with Gasteiger partial charge in [-0.15, -0.1) is 0 Å². The minimum absolute atomic E-state index is 0.401. The smallest absolute Gasteiger partial charge is 0.407 e. The number of rotatable bonds is 2. The summed E-state index contributed by atoms with van der Waals surface area (Å²) >= 11 is 0. The summed E-state index contributed by atoms with van der Waals surface area (Å²) in [5, 5.41) is 12.5. The maximum absolute atomic E-state index is 10.8. The molecule has 0 aromatic carbocycles. The van der Waals surface area contributed by atoms with E-state index in [1.165, 1.54) is 30.6 Å². The Morgan fingerprint density at radius 2 is 1.81 bits per heavy atom. The molecular weight excluding hydrogens is 204 g/mol. The molecule has 1 saturated heterocycles. The molecule has 90 valence electrons. The highest BCUT2D eigenvalue weighted by atomic mass is 16.4. The summed E-state index contributed by atoms with van der Waals surface area (Å²) in [5.74, 6) is 1.96. The van der Waals surface area contributed by atoms with Crippen LogP contribution in [0.2, 0.25) is 0 Å². The molecule has 4 atom stereocenters. The molecule has 3 aliphatic rings. The Morgan fingerprint density at radius 3 is 2.31 bits per heavy atom. The molecule has 3 rings (SSSR count). The van der Waals surface area contributed by atoms with Gasteiger partial charge in [0.2, 0.25) is 0 Å². The number of hydrogen-bond donors (Lipinski definition) is 2. The van der Waals surface area contributed by atoms with Crippen LogP contribution in [-0.4, -0.2) is 41.3 Å². The van der Waals surface area contributed by atoms with Crippen LogP contribution in [0, 0.1) is 11.8 Å². The summed E-state index contributed by atoms with van der Waals surface area (Å²) in [4.78, 5) is 12.3. The number of carboxylic acid groups (broad SMARTS) is 1. The Labute approximate surface area is 96.0 Å². The molecule has 1 amide bonds. The van der Waals surface area contributed by atoms with E-state index in [0.717, 1.165) is 18.3 Å². The molecule has 0 spiro atoms. The second-order valence-electron chi connectivity index (χ2n) is 5.65. The van der Waals surface area contributed by atoms with Crippen LogP contribution in [0.5, 0.6) is 0 Å². The predicted octanol–water partition coefficient (Wildman–Crippen LogP) is 1.52. The van der Waals surface area contributed by atoms with Crippen molar-refractivity contribution in [1.82, 2.24) is 10.2 Å². The van der Waals surface area contributed by atoms with Crippen LogP contribution in [0.3, 0.4) is 0 Å². The lowest BCUT2D eigenvalue weighted by Crippen LogP contribution is -2.39. The average molecular weight is 224 g/mol. The van der Waals surface area contributed by atoms with E-state index in [2.05, 4.69) is 5.32 Å². The lowest BCUT2D eigenvalue weighted by molar-refractivity contribution is 0.154. The lowest BCUT2D eigenvalue weighted by atomic mass is 9.77. The van der Waals surface area contributed by atoms with E-state index in [1.54, 1.807) is 0 Å². The molecule has 2 aliphatic carbocycles. The van der Waals surface area contributed by atoms with Crippen LogP contribution in [0.15, 0.2) is 0 Å². The lowest BCUT2D eigenvalue weighted by Gasteiger charge is -2.29. The second kappa shape index (κ2) is 3.91. The highest BCUT2D eigenvalue weighted by Gasteiger charge is 2.41. The van der Waals surface area contributed by atoms with Gasteiger partial charge in [-0.1, -0.05) is 0 Å². The SMILES string of the molecule is O=C(O)N1CC[C@H](NC2C[C@H]3CC[C@H]3C2)C1. The number of nitrogens with one attached hydrogen (secondary N) is 1. The van der Waals surface area contributed by atoms with Crippen molar-refractivity contribution >= 4 is 6.09 Å². The normalized spacial score (nSPS) is 41.9. The van der Waals surface area contributed by atoms with Crippen LogP contribution in [0.4, 0.5) is 4.79 Å². The van der Waals surface area contributed by atoms with E-state index in [-0.39, 0.29) is 0 Å². The molecule has 4 nitrogen and oxygen atoms in total. The fraction of sp³-hybridized carbons (Fsp3) is 0.917. The summed E-state index contributed by atoms with van der Waals surface area (Å²) in [6.07, 6.45) is 5.72. The predicted molar refractivity (Wildman–Crippen MR) is 60.4 cm³/mol. The van der Waals surface area contributed by atoms with Gasteiger partial charge in [0.25, 0.3) is 0 Å². The summed E-state index contributed by atoms with van der Waals surface area (Å²) in [6.45, 7) is 1.38. The van der Waals surface area contributed by atoms with Gasteiger partial charge in [-0.2, -0.15) is 0 Å². The van der Waals surface area contributed by atoms with E-state index in [0.29, 0.717) is 25.2 Å². The van der Waals surface area contributed by atoms with Gasteiger partial charge >= 0.3 is 6.09 Å². The Morgan fingerprint density at radius 1 is 1.12 bits per heavy atom. The van der Waals surface area contributed by atoms with E-state index in [4.69, 9.17) is 5.11 Å². The molecule has 16 heavy (non-hydrogen) atoms. The molecule has 2 saturated carbocycles.